The molecule has 1 aromatic carbocycles. The van der Waals surface area contributed by atoms with Gasteiger partial charge in [0.1, 0.15) is 0 Å². The van der Waals surface area contributed by atoms with Crippen molar-refractivity contribution in [3.63, 3.8) is 0 Å². The SMILES string of the molecule is Cc1nnnn1-c1cccc(NCCNC(C)(C)C)c1. The van der Waals surface area contributed by atoms with Gasteiger partial charge in [-0.1, -0.05) is 6.07 Å². The van der Waals surface area contributed by atoms with Gasteiger partial charge in [-0.05, 0) is 56.3 Å². The van der Waals surface area contributed by atoms with Crippen molar-refractivity contribution in [2.75, 3.05) is 18.4 Å². The fourth-order valence-electron chi connectivity index (χ4n) is 1.86. The molecule has 0 fully saturated rings. The van der Waals surface area contributed by atoms with Crippen LogP contribution in [0, 0.1) is 6.92 Å². The quantitative estimate of drug-likeness (QED) is 0.813. The molecule has 20 heavy (non-hydrogen) atoms. The molecular weight excluding hydrogens is 252 g/mol. The molecule has 0 aliphatic heterocycles. The highest BCUT2D eigenvalue weighted by atomic mass is 15.5. The molecule has 108 valence electrons. The second kappa shape index (κ2) is 6.00. The van der Waals surface area contributed by atoms with Crippen LogP contribution in [0.3, 0.4) is 0 Å². The van der Waals surface area contributed by atoms with E-state index in [1.807, 2.05) is 31.2 Å². The molecule has 0 aliphatic carbocycles. The molecule has 6 nitrogen and oxygen atoms in total. The Morgan fingerprint density at radius 1 is 1.20 bits per heavy atom. The summed E-state index contributed by atoms with van der Waals surface area (Å²) in [5.41, 5.74) is 2.17. The van der Waals surface area contributed by atoms with Gasteiger partial charge in [-0.25, -0.2) is 0 Å². The van der Waals surface area contributed by atoms with Crippen LogP contribution in [0.25, 0.3) is 5.69 Å². The Balaban J connectivity index is 1.95. The highest BCUT2D eigenvalue weighted by Crippen LogP contribution is 2.14. The molecule has 0 radical (unpaired) electrons. The zero-order chi connectivity index (χ0) is 14.6. The van der Waals surface area contributed by atoms with Crippen molar-refractivity contribution in [1.29, 1.82) is 0 Å². The van der Waals surface area contributed by atoms with Crippen LogP contribution in [-0.2, 0) is 0 Å². The summed E-state index contributed by atoms with van der Waals surface area (Å²) in [6, 6.07) is 8.07. The van der Waals surface area contributed by atoms with Gasteiger partial charge < -0.3 is 10.6 Å². The predicted molar refractivity (Wildman–Crippen MR) is 80.1 cm³/mol. The summed E-state index contributed by atoms with van der Waals surface area (Å²) in [4.78, 5) is 0. The smallest absolute Gasteiger partial charge is 0.153 e. The van der Waals surface area contributed by atoms with Gasteiger partial charge in [0.2, 0.25) is 0 Å². The Labute approximate surface area is 119 Å². The lowest BCUT2D eigenvalue weighted by molar-refractivity contribution is 0.435. The highest BCUT2D eigenvalue weighted by molar-refractivity contribution is 5.50. The lowest BCUT2D eigenvalue weighted by Gasteiger charge is -2.20. The van der Waals surface area contributed by atoms with Crippen molar-refractivity contribution in [3.8, 4) is 5.69 Å². The van der Waals surface area contributed by atoms with E-state index in [2.05, 4.69) is 46.9 Å². The van der Waals surface area contributed by atoms with E-state index in [0.717, 1.165) is 30.3 Å². The minimum Gasteiger partial charge on any atom is -0.384 e. The number of rotatable bonds is 5. The molecule has 0 saturated carbocycles. The molecule has 0 bridgehead atoms. The molecule has 2 rings (SSSR count). The van der Waals surface area contributed by atoms with Gasteiger partial charge in [0.25, 0.3) is 0 Å². The first kappa shape index (κ1) is 14.5. The molecule has 0 unspecified atom stereocenters. The predicted octanol–water partition coefficient (Wildman–Crippen LogP) is 1.77. The second-order valence-electron chi connectivity index (χ2n) is 5.79. The van der Waals surface area contributed by atoms with Crippen molar-refractivity contribution in [2.45, 2.75) is 33.2 Å². The van der Waals surface area contributed by atoms with Crippen LogP contribution >= 0.6 is 0 Å². The van der Waals surface area contributed by atoms with Crippen LogP contribution < -0.4 is 10.6 Å². The fourth-order valence-corrected chi connectivity index (χ4v) is 1.86. The summed E-state index contributed by atoms with van der Waals surface area (Å²) in [5, 5.41) is 18.4. The van der Waals surface area contributed by atoms with Crippen LogP contribution in [-0.4, -0.2) is 38.8 Å². The third kappa shape index (κ3) is 4.03. The minimum absolute atomic E-state index is 0.146. The first-order valence-corrected chi connectivity index (χ1v) is 6.80. The number of tetrazole rings is 1. The maximum atomic E-state index is 3.97. The van der Waals surface area contributed by atoms with Gasteiger partial charge in [-0.15, -0.1) is 5.10 Å². The maximum absolute atomic E-state index is 3.97. The Bertz CT molecular complexity index is 555. The number of nitrogens with zero attached hydrogens (tertiary/aromatic N) is 4. The molecule has 2 aromatic rings. The van der Waals surface area contributed by atoms with Crippen molar-refractivity contribution >= 4 is 5.69 Å². The molecule has 0 atom stereocenters. The zero-order valence-electron chi connectivity index (χ0n) is 12.5. The Morgan fingerprint density at radius 2 is 2.00 bits per heavy atom. The van der Waals surface area contributed by atoms with E-state index in [0.29, 0.717) is 0 Å². The van der Waals surface area contributed by atoms with Crippen LogP contribution in [0.1, 0.15) is 26.6 Å². The topological polar surface area (TPSA) is 67.7 Å². The Kier molecular flexibility index (Phi) is 4.34. The largest absolute Gasteiger partial charge is 0.384 e. The monoisotopic (exact) mass is 274 g/mol. The van der Waals surface area contributed by atoms with E-state index in [1.54, 1.807) is 4.68 Å². The summed E-state index contributed by atoms with van der Waals surface area (Å²) in [5.74, 6) is 0.775. The Hall–Kier alpha value is -1.95. The summed E-state index contributed by atoms with van der Waals surface area (Å²) in [6.45, 7) is 10.1. The lowest BCUT2D eigenvalue weighted by atomic mass is 10.1. The number of aryl methyl sites for hydroxylation is 1. The average Bonchev–Trinajstić information content (AvgIpc) is 2.80. The number of anilines is 1. The summed E-state index contributed by atoms with van der Waals surface area (Å²) >= 11 is 0. The lowest BCUT2D eigenvalue weighted by Crippen LogP contribution is -2.38. The molecule has 0 saturated heterocycles. The zero-order valence-corrected chi connectivity index (χ0v) is 12.5. The van der Waals surface area contributed by atoms with Gasteiger partial charge in [0.05, 0.1) is 5.69 Å². The molecule has 1 heterocycles. The highest BCUT2D eigenvalue weighted by Gasteiger charge is 2.07. The second-order valence-corrected chi connectivity index (χ2v) is 5.79. The van der Waals surface area contributed by atoms with Crippen LogP contribution in [0.15, 0.2) is 24.3 Å². The molecule has 1 aromatic heterocycles. The molecule has 0 amide bonds. The van der Waals surface area contributed by atoms with Gasteiger partial charge in [-0.2, -0.15) is 4.68 Å². The minimum atomic E-state index is 0.146. The molecule has 0 aliphatic rings. The number of nitrogens with one attached hydrogen (secondary N) is 2. The first-order valence-electron chi connectivity index (χ1n) is 6.80. The van der Waals surface area contributed by atoms with Crippen molar-refractivity contribution < 1.29 is 0 Å². The van der Waals surface area contributed by atoms with Crippen molar-refractivity contribution in [1.82, 2.24) is 25.5 Å². The average molecular weight is 274 g/mol. The van der Waals surface area contributed by atoms with E-state index < -0.39 is 0 Å². The van der Waals surface area contributed by atoms with E-state index in [9.17, 15) is 0 Å². The summed E-state index contributed by atoms with van der Waals surface area (Å²) in [6.07, 6.45) is 0. The van der Waals surface area contributed by atoms with Gasteiger partial charge in [-0.3, -0.25) is 0 Å². The maximum Gasteiger partial charge on any atom is 0.153 e. The fraction of sp³-hybridized carbons (Fsp3) is 0.500. The molecule has 0 spiro atoms. The van der Waals surface area contributed by atoms with E-state index in [1.165, 1.54) is 0 Å². The summed E-state index contributed by atoms with van der Waals surface area (Å²) < 4.78 is 1.72. The molecule has 6 heteroatoms. The molecule has 2 N–H and O–H groups in total. The van der Waals surface area contributed by atoms with Crippen LogP contribution in [0.4, 0.5) is 5.69 Å². The Morgan fingerprint density at radius 3 is 2.65 bits per heavy atom. The van der Waals surface area contributed by atoms with Crippen LogP contribution in [0.2, 0.25) is 0 Å². The van der Waals surface area contributed by atoms with E-state index in [-0.39, 0.29) is 5.54 Å². The number of hydrogen-bond acceptors (Lipinski definition) is 5. The molecular formula is C14H22N6. The number of aromatic nitrogens is 4. The van der Waals surface area contributed by atoms with Crippen molar-refractivity contribution in [3.05, 3.63) is 30.1 Å². The van der Waals surface area contributed by atoms with Crippen molar-refractivity contribution in [2.24, 2.45) is 0 Å². The van der Waals surface area contributed by atoms with Gasteiger partial charge in [0, 0.05) is 24.3 Å². The third-order valence-corrected chi connectivity index (χ3v) is 2.83. The van der Waals surface area contributed by atoms with Gasteiger partial charge >= 0.3 is 0 Å². The third-order valence-electron chi connectivity index (χ3n) is 2.83. The summed E-state index contributed by atoms with van der Waals surface area (Å²) in [7, 11) is 0. The number of hydrogen-bond donors (Lipinski definition) is 2. The standard InChI is InChI=1S/C14H22N6/c1-11-17-18-19-20(11)13-7-5-6-12(10-13)15-8-9-16-14(2,3)4/h5-7,10,15-16H,8-9H2,1-4H3. The van der Waals surface area contributed by atoms with Crippen LogP contribution in [0.5, 0.6) is 0 Å². The van der Waals surface area contributed by atoms with Gasteiger partial charge in [0.15, 0.2) is 5.82 Å². The first-order chi connectivity index (χ1) is 9.46. The van der Waals surface area contributed by atoms with E-state index >= 15 is 0 Å². The number of benzene rings is 1. The normalized spacial score (nSPS) is 11.6. The van der Waals surface area contributed by atoms with E-state index in [4.69, 9.17) is 0 Å².